The van der Waals surface area contributed by atoms with Gasteiger partial charge in [-0.1, -0.05) is 36.2 Å². The summed E-state index contributed by atoms with van der Waals surface area (Å²) in [4.78, 5) is 20.5. The topological polar surface area (TPSA) is 45.2 Å². The molecule has 5 heteroatoms. The van der Waals surface area contributed by atoms with Gasteiger partial charge in [-0.3, -0.25) is 9.69 Å². The number of fused-ring (bicyclic) bond motifs is 1. The van der Waals surface area contributed by atoms with Gasteiger partial charge in [0.05, 0.1) is 5.69 Å². The van der Waals surface area contributed by atoms with Gasteiger partial charge in [0.15, 0.2) is 5.13 Å². The Kier molecular flexibility index (Phi) is 4.37. The fourth-order valence-corrected chi connectivity index (χ4v) is 4.32. The highest BCUT2D eigenvalue weighted by Crippen LogP contribution is 2.31. The van der Waals surface area contributed by atoms with Crippen molar-refractivity contribution in [2.24, 2.45) is 5.92 Å². The summed E-state index contributed by atoms with van der Waals surface area (Å²) in [6.07, 6.45) is 4.21. The van der Waals surface area contributed by atoms with Crippen molar-refractivity contribution in [2.45, 2.75) is 45.7 Å². The van der Waals surface area contributed by atoms with Gasteiger partial charge < -0.3 is 5.32 Å². The van der Waals surface area contributed by atoms with Crippen molar-refractivity contribution in [1.29, 1.82) is 0 Å². The number of anilines is 1. The summed E-state index contributed by atoms with van der Waals surface area (Å²) in [5, 5.41) is 3.81. The Morgan fingerprint density at radius 2 is 2.12 bits per heavy atom. The van der Waals surface area contributed by atoms with Crippen LogP contribution < -0.4 is 5.32 Å². The lowest BCUT2D eigenvalue weighted by Crippen LogP contribution is -2.29. The largest absolute Gasteiger partial charge is 0.302 e. The van der Waals surface area contributed by atoms with Gasteiger partial charge in [0, 0.05) is 36.9 Å². The normalized spacial score (nSPS) is 18.0. The third-order valence-corrected chi connectivity index (χ3v) is 6.04. The van der Waals surface area contributed by atoms with Gasteiger partial charge in [-0.05, 0) is 25.3 Å². The standard InChI is InChI=1S/C19H23N3OS/c1-13-5-7-14(8-6-13)11-22-10-9-16-17(12-22)24-19(20-16)21-18(23)15-3-2-4-15/h5-8,15H,2-4,9-12H2,1H3,(H,20,21,23). The van der Waals surface area contributed by atoms with Crippen LogP contribution in [0.25, 0.3) is 0 Å². The molecule has 0 unspecified atom stereocenters. The van der Waals surface area contributed by atoms with Gasteiger partial charge >= 0.3 is 0 Å². The van der Waals surface area contributed by atoms with E-state index >= 15 is 0 Å². The van der Waals surface area contributed by atoms with Crippen LogP contribution in [-0.2, 0) is 24.3 Å². The van der Waals surface area contributed by atoms with Crippen molar-refractivity contribution in [3.8, 4) is 0 Å². The van der Waals surface area contributed by atoms with Gasteiger partial charge in [0.2, 0.25) is 5.91 Å². The number of nitrogens with zero attached hydrogens (tertiary/aromatic N) is 2. The predicted molar refractivity (Wildman–Crippen MR) is 97.1 cm³/mol. The number of aryl methyl sites for hydroxylation is 1. The second-order valence-corrected chi connectivity index (χ2v) is 8.04. The highest BCUT2D eigenvalue weighted by Gasteiger charge is 2.27. The van der Waals surface area contributed by atoms with Crippen LogP contribution in [0.15, 0.2) is 24.3 Å². The summed E-state index contributed by atoms with van der Waals surface area (Å²) in [6, 6.07) is 8.76. The van der Waals surface area contributed by atoms with Crippen molar-refractivity contribution < 1.29 is 4.79 Å². The molecule has 0 saturated heterocycles. The minimum atomic E-state index is 0.156. The average Bonchev–Trinajstić information content (AvgIpc) is 2.89. The van der Waals surface area contributed by atoms with Crippen molar-refractivity contribution in [2.75, 3.05) is 11.9 Å². The van der Waals surface area contributed by atoms with E-state index < -0.39 is 0 Å². The van der Waals surface area contributed by atoms with Gasteiger partial charge in [0.25, 0.3) is 0 Å². The van der Waals surface area contributed by atoms with Crippen LogP contribution >= 0.6 is 11.3 Å². The van der Waals surface area contributed by atoms with Gasteiger partial charge in [-0.25, -0.2) is 4.98 Å². The number of aromatic nitrogens is 1. The zero-order valence-electron chi connectivity index (χ0n) is 14.0. The molecular formula is C19H23N3OS. The van der Waals surface area contributed by atoms with E-state index in [-0.39, 0.29) is 11.8 Å². The molecule has 2 aromatic rings. The molecule has 1 aliphatic carbocycles. The maximum atomic E-state index is 12.1. The monoisotopic (exact) mass is 341 g/mol. The molecule has 1 amide bonds. The lowest BCUT2D eigenvalue weighted by molar-refractivity contribution is -0.122. The molecule has 1 N–H and O–H groups in total. The van der Waals surface area contributed by atoms with Gasteiger partial charge in [-0.15, -0.1) is 11.3 Å². The molecule has 4 nitrogen and oxygen atoms in total. The molecular weight excluding hydrogens is 318 g/mol. The highest BCUT2D eigenvalue weighted by molar-refractivity contribution is 7.15. The number of hydrogen-bond acceptors (Lipinski definition) is 4. The summed E-state index contributed by atoms with van der Waals surface area (Å²) < 4.78 is 0. The first kappa shape index (κ1) is 15.8. The van der Waals surface area contributed by atoms with Gasteiger partial charge in [0.1, 0.15) is 0 Å². The molecule has 0 spiro atoms. The van der Waals surface area contributed by atoms with Crippen LogP contribution in [0.1, 0.15) is 41.0 Å². The lowest BCUT2D eigenvalue weighted by Gasteiger charge is -2.25. The van der Waals surface area contributed by atoms with Gasteiger partial charge in [-0.2, -0.15) is 0 Å². The molecule has 126 valence electrons. The SMILES string of the molecule is Cc1ccc(CN2CCc3nc(NC(=O)C4CCC4)sc3C2)cc1. The van der Waals surface area contributed by atoms with E-state index in [9.17, 15) is 4.79 Å². The first-order valence-electron chi connectivity index (χ1n) is 8.75. The fraction of sp³-hybridized carbons (Fsp3) is 0.474. The van der Waals surface area contributed by atoms with Crippen molar-refractivity contribution in [1.82, 2.24) is 9.88 Å². The van der Waals surface area contributed by atoms with E-state index in [2.05, 4.69) is 46.4 Å². The number of carbonyl (C=O) groups is 1. The van der Waals surface area contributed by atoms with E-state index in [1.54, 1.807) is 11.3 Å². The Bertz CT molecular complexity index is 734. The number of hydrogen-bond donors (Lipinski definition) is 1. The number of carbonyl (C=O) groups excluding carboxylic acids is 1. The molecule has 1 aromatic heterocycles. The van der Waals surface area contributed by atoms with Crippen molar-refractivity contribution >= 4 is 22.4 Å². The number of nitrogens with one attached hydrogen (secondary N) is 1. The molecule has 24 heavy (non-hydrogen) atoms. The summed E-state index contributed by atoms with van der Waals surface area (Å²) >= 11 is 1.65. The van der Waals surface area contributed by atoms with Crippen LogP contribution in [0, 0.1) is 12.8 Å². The molecule has 0 radical (unpaired) electrons. The molecule has 1 fully saturated rings. The Balaban J connectivity index is 1.39. The minimum Gasteiger partial charge on any atom is -0.302 e. The van der Waals surface area contributed by atoms with Crippen LogP contribution in [-0.4, -0.2) is 22.3 Å². The average molecular weight is 341 g/mol. The molecule has 2 heterocycles. The van der Waals surface area contributed by atoms with Crippen LogP contribution in [0.2, 0.25) is 0 Å². The van der Waals surface area contributed by atoms with Crippen LogP contribution in [0.4, 0.5) is 5.13 Å². The number of rotatable bonds is 4. The van der Waals surface area contributed by atoms with Crippen molar-refractivity contribution in [3.63, 3.8) is 0 Å². The summed E-state index contributed by atoms with van der Waals surface area (Å²) in [7, 11) is 0. The lowest BCUT2D eigenvalue weighted by atomic mass is 9.85. The molecule has 0 atom stereocenters. The van der Waals surface area contributed by atoms with E-state index in [0.29, 0.717) is 0 Å². The summed E-state index contributed by atoms with van der Waals surface area (Å²) in [5.41, 5.74) is 3.82. The van der Waals surface area contributed by atoms with E-state index in [4.69, 9.17) is 0 Å². The Morgan fingerprint density at radius 3 is 2.83 bits per heavy atom. The molecule has 0 bridgehead atoms. The Morgan fingerprint density at radius 1 is 1.33 bits per heavy atom. The quantitative estimate of drug-likeness (QED) is 0.921. The number of benzene rings is 1. The van der Waals surface area contributed by atoms with E-state index in [0.717, 1.165) is 44.0 Å². The van der Waals surface area contributed by atoms with E-state index in [1.165, 1.54) is 28.1 Å². The maximum Gasteiger partial charge on any atom is 0.229 e. The third-order valence-electron chi connectivity index (χ3n) is 5.04. The second-order valence-electron chi connectivity index (χ2n) is 6.95. The second kappa shape index (κ2) is 6.65. The maximum absolute atomic E-state index is 12.1. The molecule has 4 rings (SSSR count). The molecule has 1 aliphatic heterocycles. The molecule has 1 aromatic carbocycles. The predicted octanol–water partition coefficient (Wildman–Crippen LogP) is 3.75. The number of amides is 1. The zero-order valence-corrected chi connectivity index (χ0v) is 14.9. The molecule has 2 aliphatic rings. The van der Waals surface area contributed by atoms with Crippen LogP contribution in [0.5, 0.6) is 0 Å². The first-order valence-corrected chi connectivity index (χ1v) is 9.56. The number of thiazole rings is 1. The van der Waals surface area contributed by atoms with E-state index in [1.807, 2.05) is 0 Å². The Hall–Kier alpha value is -1.72. The summed E-state index contributed by atoms with van der Waals surface area (Å²) in [6.45, 7) is 5.05. The summed E-state index contributed by atoms with van der Waals surface area (Å²) in [5.74, 6) is 0.368. The van der Waals surface area contributed by atoms with Crippen LogP contribution in [0.3, 0.4) is 0 Å². The smallest absolute Gasteiger partial charge is 0.229 e. The first-order chi connectivity index (χ1) is 11.7. The van der Waals surface area contributed by atoms with Crippen molar-refractivity contribution in [3.05, 3.63) is 46.0 Å². The third kappa shape index (κ3) is 3.37. The zero-order chi connectivity index (χ0) is 16.5. The minimum absolute atomic E-state index is 0.156. The molecule has 1 saturated carbocycles. The Labute approximate surface area is 146 Å². The fourth-order valence-electron chi connectivity index (χ4n) is 3.27. The highest BCUT2D eigenvalue weighted by atomic mass is 32.1.